The third-order valence-electron chi connectivity index (χ3n) is 7.54. The highest BCUT2D eigenvalue weighted by atomic mass is 19.1. The SMILES string of the molecule is COC(=O)c1ccc(CN(C(=O)c2cc(C(C)C)c(OCc3ccccc3)cc2OCc2ccccc2)c2ccc(F)cc2)cc1. The number of nitrogens with zero attached hydrogens (tertiary/aromatic N) is 1. The molecule has 7 heteroatoms. The second-order valence-corrected chi connectivity index (χ2v) is 11.1. The van der Waals surface area contributed by atoms with Gasteiger partial charge < -0.3 is 19.1 Å². The molecule has 46 heavy (non-hydrogen) atoms. The molecule has 5 aromatic carbocycles. The highest BCUT2D eigenvalue weighted by Crippen LogP contribution is 2.36. The molecular formula is C39H36FNO5. The van der Waals surface area contributed by atoms with Gasteiger partial charge in [0.1, 0.15) is 30.5 Å². The number of rotatable bonds is 12. The van der Waals surface area contributed by atoms with Crippen molar-refractivity contribution in [3.63, 3.8) is 0 Å². The Morgan fingerprint density at radius 1 is 0.696 bits per heavy atom. The van der Waals surface area contributed by atoms with Crippen molar-refractivity contribution in [2.45, 2.75) is 39.5 Å². The van der Waals surface area contributed by atoms with Gasteiger partial charge in [0, 0.05) is 11.8 Å². The van der Waals surface area contributed by atoms with Gasteiger partial charge in [-0.2, -0.15) is 0 Å². The van der Waals surface area contributed by atoms with Crippen molar-refractivity contribution in [3.05, 3.63) is 161 Å². The molecule has 0 aliphatic heterocycles. The zero-order chi connectivity index (χ0) is 32.5. The van der Waals surface area contributed by atoms with Crippen LogP contribution >= 0.6 is 0 Å². The van der Waals surface area contributed by atoms with Gasteiger partial charge in [-0.15, -0.1) is 0 Å². The summed E-state index contributed by atoms with van der Waals surface area (Å²) in [5.41, 5.74) is 4.84. The van der Waals surface area contributed by atoms with E-state index in [0.29, 0.717) is 34.9 Å². The molecule has 0 aliphatic carbocycles. The second-order valence-electron chi connectivity index (χ2n) is 11.1. The fraction of sp³-hybridized carbons (Fsp3) is 0.179. The monoisotopic (exact) mass is 617 g/mol. The summed E-state index contributed by atoms with van der Waals surface area (Å²) in [6, 6.07) is 35.9. The van der Waals surface area contributed by atoms with Crippen LogP contribution in [-0.2, 0) is 24.5 Å². The fourth-order valence-electron chi connectivity index (χ4n) is 5.00. The van der Waals surface area contributed by atoms with Crippen LogP contribution in [0.5, 0.6) is 11.5 Å². The zero-order valence-electron chi connectivity index (χ0n) is 26.1. The third kappa shape index (κ3) is 7.99. The first kappa shape index (κ1) is 32.0. The first-order valence-electron chi connectivity index (χ1n) is 15.1. The standard InChI is InChI=1S/C39H36FNO5/c1-27(2)34-22-35(37(46-26-30-12-8-5-9-13-30)23-36(34)45-25-29-10-6-4-7-11-29)38(42)41(33-20-18-32(40)19-21-33)24-28-14-16-31(17-15-28)39(43)44-3/h4-23,27H,24-26H2,1-3H3. The molecule has 5 aromatic rings. The number of halogens is 1. The smallest absolute Gasteiger partial charge is 0.337 e. The van der Waals surface area contributed by atoms with Gasteiger partial charge in [-0.3, -0.25) is 4.79 Å². The number of hydrogen-bond acceptors (Lipinski definition) is 5. The quantitative estimate of drug-likeness (QED) is 0.131. The van der Waals surface area contributed by atoms with Crippen LogP contribution in [0.4, 0.5) is 10.1 Å². The predicted molar refractivity (Wildman–Crippen MR) is 177 cm³/mol. The lowest BCUT2D eigenvalue weighted by molar-refractivity contribution is 0.0600. The van der Waals surface area contributed by atoms with Gasteiger partial charge in [0.2, 0.25) is 0 Å². The molecule has 0 heterocycles. The highest BCUT2D eigenvalue weighted by molar-refractivity contribution is 6.08. The predicted octanol–water partition coefficient (Wildman–Crippen LogP) is 8.74. The lowest BCUT2D eigenvalue weighted by Crippen LogP contribution is -2.31. The van der Waals surface area contributed by atoms with Crippen LogP contribution in [0.3, 0.4) is 0 Å². The Kier molecular flexibility index (Phi) is 10.5. The van der Waals surface area contributed by atoms with Crippen LogP contribution in [0.1, 0.15) is 62.7 Å². The Morgan fingerprint density at radius 3 is 1.80 bits per heavy atom. The van der Waals surface area contributed by atoms with Gasteiger partial charge in [0.05, 0.1) is 24.8 Å². The summed E-state index contributed by atoms with van der Waals surface area (Å²) < 4.78 is 31.5. The van der Waals surface area contributed by atoms with E-state index in [1.165, 1.54) is 19.2 Å². The largest absolute Gasteiger partial charge is 0.488 e. The molecule has 0 aliphatic rings. The molecule has 0 aromatic heterocycles. The molecule has 0 saturated carbocycles. The Bertz CT molecular complexity index is 1760. The van der Waals surface area contributed by atoms with Gasteiger partial charge in [0.15, 0.2) is 0 Å². The van der Waals surface area contributed by atoms with Crippen LogP contribution in [0.25, 0.3) is 0 Å². The molecule has 0 fully saturated rings. The van der Waals surface area contributed by atoms with Crippen LogP contribution in [0.15, 0.2) is 121 Å². The molecule has 5 rings (SSSR count). The second kappa shape index (κ2) is 15.0. The van der Waals surface area contributed by atoms with E-state index < -0.39 is 11.8 Å². The highest BCUT2D eigenvalue weighted by Gasteiger charge is 2.26. The molecule has 6 nitrogen and oxygen atoms in total. The van der Waals surface area contributed by atoms with Gasteiger partial charge >= 0.3 is 5.97 Å². The normalized spacial score (nSPS) is 10.8. The molecular weight excluding hydrogens is 581 g/mol. The minimum Gasteiger partial charge on any atom is -0.488 e. The van der Waals surface area contributed by atoms with Crippen LogP contribution in [0.2, 0.25) is 0 Å². The Morgan fingerprint density at radius 2 is 1.26 bits per heavy atom. The molecule has 0 saturated heterocycles. The number of esters is 1. The first-order chi connectivity index (χ1) is 22.3. The van der Waals surface area contributed by atoms with Crippen molar-refractivity contribution >= 4 is 17.6 Å². The molecule has 0 spiro atoms. The minimum atomic E-state index is -0.450. The molecule has 234 valence electrons. The van der Waals surface area contributed by atoms with Crippen molar-refractivity contribution < 1.29 is 28.2 Å². The Balaban J connectivity index is 1.55. The maximum atomic E-state index is 14.6. The van der Waals surface area contributed by atoms with Crippen molar-refractivity contribution in [1.82, 2.24) is 0 Å². The number of anilines is 1. The molecule has 0 N–H and O–H groups in total. The summed E-state index contributed by atoms with van der Waals surface area (Å²) in [6.07, 6.45) is 0. The summed E-state index contributed by atoms with van der Waals surface area (Å²) in [6.45, 7) is 4.85. The van der Waals surface area contributed by atoms with Gasteiger partial charge in [-0.25, -0.2) is 9.18 Å². The number of hydrogen-bond donors (Lipinski definition) is 0. The minimum absolute atomic E-state index is 0.0330. The summed E-state index contributed by atoms with van der Waals surface area (Å²) in [5.74, 6) is -0.157. The summed E-state index contributed by atoms with van der Waals surface area (Å²) in [5, 5.41) is 0. The van der Waals surface area contributed by atoms with Gasteiger partial charge in [-0.1, -0.05) is 86.6 Å². The summed E-state index contributed by atoms with van der Waals surface area (Å²) in [7, 11) is 1.33. The van der Waals surface area contributed by atoms with Crippen molar-refractivity contribution in [1.29, 1.82) is 0 Å². The number of benzene rings is 5. The molecule has 1 amide bonds. The van der Waals surface area contributed by atoms with Crippen molar-refractivity contribution in [2.75, 3.05) is 12.0 Å². The Labute approximate surface area is 269 Å². The maximum Gasteiger partial charge on any atom is 0.337 e. The van der Waals surface area contributed by atoms with Crippen molar-refractivity contribution in [3.8, 4) is 11.5 Å². The lowest BCUT2D eigenvalue weighted by Gasteiger charge is -2.26. The zero-order valence-corrected chi connectivity index (χ0v) is 26.1. The topological polar surface area (TPSA) is 65.1 Å². The number of amides is 1. The fourth-order valence-corrected chi connectivity index (χ4v) is 5.00. The number of carbonyl (C=O) groups is 2. The maximum absolute atomic E-state index is 14.6. The van der Waals surface area contributed by atoms with E-state index in [2.05, 4.69) is 0 Å². The lowest BCUT2D eigenvalue weighted by atomic mass is 9.97. The number of ether oxygens (including phenoxy) is 3. The molecule has 0 bridgehead atoms. The van der Waals surface area contributed by atoms with Crippen molar-refractivity contribution in [2.24, 2.45) is 0 Å². The number of methoxy groups -OCH3 is 1. The number of carbonyl (C=O) groups excluding carboxylic acids is 2. The summed E-state index contributed by atoms with van der Waals surface area (Å²) in [4.78, 5) is 28.2. The summed E-state index contributed by atoms with van der Waals surface area (Å²) >= 11 is 0. The van der Waals surface area contributed by atoms with E-state index in [0.717, 1.165) is 22.3 Å². The molecule has 0 unspecified atom stereocenters. The van der Waals surface area contributed by atoms with Crippen LogP contribution < -0.4 is 14.4 Å². The van der Waals surface area contributed by atoms with Gasteiger partial charge in [-0.05, 0) is 70.6 Å². The van der Waals surface area contributed by atoms with E-state index in [9.17, 15) is 14.0 Å². The Hall–Kier alpha value is -5.43. The van der Waals surface area contributed by atoms with E-state index in [4.69, 9.17) is 14.2 Å². The van der Waals surface area contributed by atoms with E-state index in [1.807, 2.05) is 80.6 Å². The van der Waals surface area contributed by atoms with E-state index >= 15 is 0 Å². The third-order valence-corrected chi connectivity index (χ3v) is 7.54. The molecule has 0 atom stereocenters. The van der Waals surface area contributed by atoms with E-state index in [1.54, 1.807) is 47.4 Å². The van der Waals surface area contributed by atoms with Crippen LogP contribution in [-0.4, -0.2) is 19.0 Å². The average Bonchev–Trinajstić information content (AvgIpc) is 3.09. The van der Waals surface area contributed by atoms with Crippen LogP contribution in [0, 0.1) is 5.82 Å². The average molecular weight is 618 g/mol. The van der Waals surface area contributed by atoms with Gasteiger partial charge in [0.25, 0.3) is 5.91 Å². The first-order valence-corrected chi connectivity index (χ1v) is 15.1. The van der Waals surface area contributed by atoms with E-state index in [-0.39, 0.29) is 25.0 Å². The molecule has 0 radical (unpaired) electrons.